The Hall–Kier alpha value is -2.93. The highest BCUT2D eigenvalue weighted by molar-refractivity contribution is 8.26. The maximum Gasteiger partial charge on any atom is 0.343 e. The molecule has 1 aliphatic rings. The lowest BCUT2D eigenvalue weighted by molar-refractivity contribution is -0.122. The number of halogens is 1. The third kappa shape index (κ3) is 5.46. The lowest BCUT2D eigenvalue weighted by Gasteiger charge is -2.14. The number of thioether (sulfide) groups is 1. The van der Waals surface area contributed by atoms with E-state index >= 15 is 0 Å². The summed E-state index contributed by atoms with van der Waals surface area (Å²) in [7, 11) is 0. The molecular formula is C25H18ClNO3S2. The van der Waals surface area contributed by atoms with Crippen molar-refractivity contribution in [2.75, 3.05) is 6.54 Å². The van der Waals surface area contributed by atoms with E-state index in [-0.39, 0.29) is 5.91 Å². The van der Waals surface area contributed by atoms with E-state index in [1.165, 1.54) is 11.8 Å². The van der Waals surface area contributed by atoms with Crippen LogP contribution in [0.2, 0.25) is 5.02 Å². The van der Waals surface area contributed by atoms with Crippen molar-refractivity contribution >= 4 is 57.9 Å². The van der Waals surface area contributed by atoms with Gasteiger partial charge < -0.3 is 4.74 Å². The van der Waals surface area contributed by atoms with Crippen molar-refractivity contribution in [1.82, 2.24) is 4.90 Å². The summed E-state index contributed by atoms with van der Waals surface area (Å²) in [5.74, 6) is -0.139. The normalized spacial score (nSPS) is 14.8. The number of carbonyl (C=O) groups excluding carboxylic acids is 2. The zero-order valence-electron chi connectivity index (χ0n) is 16.9. The Morgan fingerprint density at radius 2 is 1.69 bits per heavy atom. The SMILES string of the molecule is O=C(Oc1ccc(C=C2SC(=S)N(CCc3ccccc3)C2=O)cc1)c1ccc(Cl)cc1. The van der Waals surface area contributed by atoms with Crippen LogP contribution in [0.25, 0.3) is 6.08 Å². The van der Waals surface area contributed by atoms with Crippen molar-refractivity contribution in [3.8, 4) is 5.75 Å². The highest BCUT2D eigenvalue weighted by atomic mass is 35.5. The molecule has 0 bridgehead atoms. The monoisotopic (exact) mass is 479 g/mol. The number of carbonyl (C=O) groups is 2. The first-order valence-electron chi connectivity index (χ1n) is 9.87. The molecule has 1 amide bonds. The van der Waals surface area contributed by atoms with Gasteiger partial charge in [-0.05, 0) is 60.0 Å². The van der Waals surface area contributed by atoms with Crippen LogP contribution >= 0.6 is 35.6 Å². The zero-order valence-corrected chi connectivity index (χ0v) is 19.3. The first-order chi connectivity index (χ1) is 15.5. The van der Waals surface area contributed by atoms with Crippen molar-refractivity contribution < 1.29 is 14.3 Å². The molecule has 160 valence electrons. The van der Waals surface area contributed by atoms with Gasteiger partial charge in [0.15, 0.2) is 0 Å². The third-order valence-electron chi connectivity index (χ3n) is 4.81. The molecule has 0 aliphatic carbocycles. The van der Waals surface area contributed by atoms with Crippen molar-refractivity contribution in [3.05, 3.63) is 105 Å². The molecule has 4 rings (SSSR count). The zero-order chi connectivity index (χ0) is 22.5. The van der Waals surface area contributed by atoms with Gasteiger partial charge in [0.1, 0.15) is 10.1 Å². The Kier molecular flexibility index (Phi) is 7.05. The van der Waals surface area contributed by atoms with Crippen LogP contribution in [0.3, 0.4) is 0 Å². The molecule has 3 aromatic rings. The number of thiocarbonyl (C=S) groups is 1. The van der Waals surface area contributed by atoms with Gasteiger partial charge in [-0.3, -0.25) is 9.69 Å². The number of rotatable bonds is 6. The Balaban J connectivity index is 1.39. The third-order valence-corrected chi connectivity index (χ3v) is 6.44. The van der Waals surface area contributed by atoms with Crippen molar-refractivity contribution in [2.24, 2.45) is 0 Å². The maximum absolute atomic E-state index is 12.8. The van der Waals surface area contributed by atoms with E-state index in [9.17, 15) is 9.59 Å². The van der Waals surface area contributed by atoms with E-state index in [4.69, 9.17) is 28.6 Å². The van der Waals surface area contributed by atoms with Crippen molar-refractivity contribution in [1.29, 1.82) is 0 Å². The molecule has 1 fully saturated rings. The minimum absolute atomic E-state index is 0.0887. The second kappa shape index (κ2) is 10.1. The predicted octanol–water partition coefficient (Wildman–Crippen LogP) is 6.00. The van der Waals surface area contributed by atoms with Gasteiger partial charge in [0.2, 0.25) is 0 Å². The molecular weight excluding hydrogens is 462 g/mol. The second-order valence-electron chi connectivity index (χ2n) is 7.03. The summed E-state index contributed by atoms with van der Waals surface area (Å²) < 4.78 is 5.95. The summed E-state index contributed by atoms with van der Waals surface area (Å²) >= 11 is 12.6. The number of amides is 1. The molecule has 1 aliphatic heterocycles. The minimum Gasteiger partial charge on any atom is -0.423 e. The molecule has 0 N–H and O–H groups in total. The second-order valence-corrected chi connectivity index (χ2v) is 9.15. The molecule has 1 saturated heterocycles. The number of benzene rings is 3. The van der Waals surface area contributed by atoms with Gasteiger partial charge in [0.05, 0.1) is 10.5 Å². The van der Waals surface area contributed by atoms with Gasteiger partial charge >= 0.3 is 5.97 Å². The highest BCUT2D eigenvalue weighted by Crippen LogP contribution is 2.33. The van der Waals surface area contributed by atoms with E-state index in [0.29, 0.717) is 32.1 Å². The number of hydrogen-bond donors (Lipinski definition) is 0. The van der Waals surface area contributed by atoms with Gasteiger partial charge in [0, 0.05) is 11.6 Å². The number of hydrogen-bond acceptors (Lipinski definition) is 5. The van der Waals surface area contributed by atoms with Crippen LogP contribution in [-0.4, -0.2) is 27.6 Å². The average molecular weight is 480 g/mol. The molecule has 0 spiro atoms. The van der Waals surface area contributed by atoms with Crippen LogP contribution in [0.4, 0.5) is 0 Å². The van der Waals surface area contributed by atoms with Crippen LogP contribution in [0, 0.1) is 0 Å². The summed E-state index contributed by atoms with van der Waals surface area (Å²) in [6, 6.07) is 23.5. The number of ether oxygens (including phenoxy) is 1. The fourth-order valence-corrected chi connectivity index (χ4v) is 4.55. The van der Waals surface area contributed by atoms with Crippen molar-refractivity contribution in [2.45, 2.75) is 6.42 Å². The topological polar surface area (TPSA) is 46.6 Å². The first kappa shape index (κ1) is 22.3. The summed E-state index contributed by atoms with van der Waals surface area (Å²) in [5.41, 5.74) is 2.40. The van der Waals surface area contributed by atoms with Crippen LogP contribution in [-0.2, 0) is 11.2 Å². The largest absolute Gasteiger partial charge is 0.423 e. The van der Waals surface area contributed by atoms with Crippen LogP contribution in [0.5, 0.6) is 5.75 Å². The lowest BCUT2D eigenvalue weighted by Crippen LogP contribution is -2.30. The molecule has 4 nitrogen and oxygen atoms in total. The molecule has 0 atom stereocenters. The van der Waals surface area contributed by atoms with Gasteiger partial charge in [-0.15, -0.1) is 0 Å². The minimum atomic E-state index is -0.464. The Morgan fingerprint density at radius 1 is 1.00 bits per heavy atom. The quantitative estimate of drug-likeness (QED) is 0.188. The molecule has 0 saturated carbocycles. The molecule has 0 radical (unpaired) electrons. The smallest absolute Gasteiger partial charge is 0.343 e. The fraction of sp³-hybridized carbons (Fsp3) is 0.0800. The summed E-state index contributed by atoms with van der Waals surface area (Å²) in [6.45, 7) is 0.547. The van der Waals surface area contributed by atoms with Crippen LogP contribution < -0.4 is 4.74 Å². The van der Waals surface area contributed by atoms with E-state index in [1.807, 2.05) is 30.3 Å². The van der Waals surface area contributed by atoms with E-state index in [2.05, 4.69) is 0 Å². The number of nitrogens with zero attached hydrogens (tertiary/aromatic N) is 1. The summed E-state index contributed by atoms with van der Waals surface area (Å²) in [6.07, 6.45) is 2.54. The fourth-order valence-electron chi connectivity index (χ4n) is 3.11. The maximum atomic E-state index is 12.8. The molecule has 0 aromatic heterocycles. The summed E-state index contributed by atoms with van der Waals surface area (Å²) in [4.78, 5) is 27.2. The molecule has 0 unspecified atom stereocenters. The number of esters is 1. The molecule has 1 heterocycles. The standard InChI is InChI=1S/C25H18ClNO3S2/c26-20-10-8-19(9-11-20)24(29)30-21-12-6-18(7-13-21)16-22-23(28)27(25(31)32-22)15-14-17-4-2-1-3-5-17/h1-13,16H,14-15H2. The van der Waals surface area contributed by atoms with E-state index in [0.717, 1.165) is 17.5 Å². The first-order valence-corrected chi connectivity index (χ1v) is 11.5. The van der Waals surface area contributed by atoms with Gasteiger partial charge in [-0.1, -0.05) is 78.0 Å². The van der Waals surface area contributed by atoms with Crippen molar-refractivity contribution in [3.63, 3.8) is 0 Å². The summed E-state index contributed by atoms with van der Waals surface area (Å²) in [5, 5.41) is 0.552. The molecule has 32 heavy (non-hydrogen) atoms. The molecule has 7 heteroatoms. The highest BCUT2D eigenvalue weighted by Gasteiger charge is 2.31. The van der Waals surface area contributed by atoms with Gasteiger partial charge in [-0.25, -0.2) is 4.79 Å². The van der Waals surface area contributed by atoms with Gasteiger partial charge in [-0.2, -0.15) is 0 Å². The predicted molar refractivity (Wildman–Crippen MR) is 133 cm³/mol. The van der Waals surface area contributed by atoms with Gasteiger partial charge in [0.25, 0.3) is 5.91 Å². The van der Waals surface area contributed by atoms with Crippen LogP contribution in [0.15, 0.2) is 83.8 Å². The average Bonchev–Trinajstić information content (AvgIpc) is 3.07. The Labute approximate surface area is 200 Å². The van der Waals surface area contributed by atoms with Crippen LogP contribution in [0.1, 0.15) is 21.5 Å². The Morgan fingerprint density at radius 3 is 2.38 bits per heavy atom. The van der Waals surface area contributed by atoms with E-state index in [1.54, 1.807) is 59.5 Å². The Bertz CT molecular complexity index is 1180. The lowest BCUT2D eigenvalue weighted by atomic mass is 10.1. The molecule has 3 aromatic carbocycles. The van der Waals surface area contributed by atoms with E-state index < -0.39 is 5.97 Å².